The van der Waals surface area contributed by atoms with Gasteiger partial charge in [0.1, 0.15) is 5.82 Å². The number of benzene rings is 1. The highest BCUT2D eigenvalue weighted by Gasteiger charge is 2.35. The third-order valence-corrected chi connectivity index (χ3v) is 4.36. The maximum absolute atomic E-state index is 14.0. The van der Waals surface area contributed by atoms with E-state index in [1.54, 1.807) is 19.1 Å². The Labute approximate surface area is 134 Å². The molecule has 0 bridgehead atoms. The van der Waals surface area contributed by atoms with Crippen LogP contribution in [0.2, 0.25) is 0 Å². The molecule has 0 unspecified atom stereocenters. The van der Waals surface area contributed by atoms with Gasteiger partial charge < -0.3 is 10.0 Å². The monoisotopic (exact) mass is 317 g/mol. The molecule has 0 aliphatic carbocycles. The number of hydrogen-bond donors (Lipinski definition) is 2. The average Bonchev–Trinajstić information content (AvgIpc) is 3.06. The number of aliphatic hydroxyl groups excluding tert-OH is 1. The molecule has 1 aliphatic heterocycles. The predicted molar refractivity (Wildman–Crippen MR) is 83.6 cm³/mol. The number of aliphatic hydroxyl groups is 1. The van der Waals surface area contributed by atoms with Gasteiger partial charge in [-0.05, 0) is 38.0 Å². The number of hydrogen-bond acceptors (Lipinski definition) is 3. The van der Waals surface area contributed by atoms with Crippen LogP contribution in [0.4, 0.5) is 4.39 Å². The molecule has 1 amide bonds. The Morgan fingerprint density at radius 2 is 2.22 bits per heavy atom. The van der Waals surface area contributed by atoms with E-state index in [1.165, 1.54) is 11.0 Å². The first-order valence-corrected chi connectivity index (χ1v) is 7.69. The molecule has 1 saturated heterocycles. The Morgan fingerprint density at radius 3 is 2.87 bits per heavy atom. The fraction of sp³-hybridized carbons (Fsp3) is 0.412. The zero-order chi connectivity index (χ0) is 16.6. The first kappa shape index (κ1) is 15.7. The fourth-order valence-corrected chi connectivity index (χ4v) is 3.13. The molecule has 1 fully saturated rings. The predicted octanol–water partition coefficient (Wildman–Crippen LogP) is 1.84. The highest BCUT2D eigenvalue weighted by Crippen LogP contribution is 2.24. The minimum atomic E-state index is -0.622. The average molecular weight is 317 g/mol. The molecule has 0 spiro atoms. The van der Waals surface area contributed by atoms with Crippen LogP contribution in [0, 0.1) is 25.6 Å². The van der Waals surface area contributed by atoms with Gasteiger partial charge in [-0.25, -0.2) is 4.39 Å². The van der Waals surface area contributed by atoms with Gasteiger partial charge in [-0.15, -0.1) is 0 Å². The second kappa shape index (κ2) is 6.12. The molecule has 122 valence electrons. The molecule has 2 N–H and O–H groups in total. The van der Waals surface area contributed by atoms with Gasteiger partial charge in [0, 0.05) is 24.7 Å². The van der Waals surface area contributed by atoms with Crippen LogP contribution in [0.25, 0.3) is 0 Å². The summed E-state index contributed by atoms with van der Waals surface area (Å²) in [6.07, 6.45) is -0.0334. The second-order valence-corrected chi connectivity index (χ2v) is 6.22. The van der Waals surface area contributed by atoms with Gasteiger partial charge in [0.05, 0.1) is 17.4 Å². The number of rotatable bonds is 3. The molecule has 2 heterocycles. The van der Waals surface area contributed by atoms with Crippen molar-refractivity contribution < 1.29 is 14.3 Å². The van der Waals surface area contributed by atoms with Crippen LogP contribution in [0.15, 0.2) is 24.3 Å². The van der Waals surface area contributed by atoms with Crippen molar-refractivity contribution in [2.75, 3.05) is 13.1 Å². The molecule has 1 aliphatic rings. The smallest absolute Gasteiger partial charge is 0.257 e. The van der Waals surface area contributed by atoms with Gasteiger partial charge in [-0.2, -0.15) is 5.10 Å². The van der Waals surface area contributed by atoms with Crippen molar-refractivity contribution in [1.29, 1.82) is 0 Å². The number of aromatic nitrogens is 2. The number of H-pyrrole nitrogens is 1. The van der Waals surface area contributed by atoms with Crippen molar-refractivity contribution in [2.24, 2.45) is 5.92 Å². The van der Waals surface area contributed by atoms with Crippen LogP contribution < -0.4 is 0 Å². The lowest BCUT2D eigenvalue weighted by atomic mass is 10.00. The Morgan fingerprint density at radius 1 is 1.43 bits per heavy atom. The van der Waals surface area contributed by atoms with E-state index < -0.39 is 11.9 Å². The Balaban J connectivity index is 1.74. The molecule has 1 aromatic carbocycles. The summed E-state index contributed by atoms with van der Waals surface area (Å²) in [7, 11) is 0. The molecular weight excluding hydrogens is 297 g/mol. The van der Waals surface area contributed by atoms with E-state index >= 15 is 0 Å². The topological polar surface area (TPSA) is 69.2 Å². The maximum Gasteiger partial charge on any atom is 0.257 e. The van der Waals surface area contributed by atoms with E-state index in [4.69, 9.17) is 0 Å². The Hall–Kier alpha value is -2.21. The Kier molecular flexibility index (Phi) is 4.17. The third kappa shape index (κ3) is 3.12. The highest BCUT2D eigenvalue weighted by atomic mass is 19.1. The van der Waals surface area contributed by atoms with Crippen LogP contribution >= 0.6 is 0 Å². The van der Waals surface area contributed by atoms with Gasteiger partial charge in [-0.1, -0.05) is 12.1 Å². The molecule has 0 saturated carbocycles. The van der Waals surface area contributed by atoms with E-state index in [9.17, 15) is 14.3 Å². The van der Waals surface area contributed by atoms with E-state index in [1.807, 2.05) is 13.0 Å². The van der Waals surface area contributed by atoms with Crippen molar-refractivity contribution in [2.45, 2.75) is 26.4 Å². The molecule has 2 atom stereocenters. The number of carbonyl (C=O) groups is 1. The number of nitrogens with one attached hydrogen (secondary N) is 1. The number of aromatic amines is 1. The minimum Gasteiger partial charge on any atom is -0.391 e. The van der Waals surface area contributed by atoms with Crippen LogP contribution in [-0.4, -0.2) is 45.3 Å². The van der Waals surface area contributed by atoms with Gasteiger partial charge in [0.15, 0.2) is 0 Å². The first-order chi connectivity index (χ1) is 11.0. The van der Waals surface area contributed by atoms with E-state index in [0.717, 1.165) is 11.4 Å². The minimum absolute atomic E-state index is 0.0891. The molecule has 5 nitrogen and oxygen atoms in total. The zero-order valence-corrected chi connectivity index (χ0v) is 13.2. The largest absolute Gasteiger partial charge is 0.391 e. The molecular formula is C17H20FN3O2. The van der Waals surface area contributed by atoms with Crippen LogP contribution in [0.5, 0.6) is 0 Å². The van der Waals surface area contributed by atoms with Crippen molar-refractivity contribution in [3.05, 3.63) is 52.6 Å². The second-order valence-electron chi connectivity index (χ2n) is 6.22. The number of β-amino-alcohol motifs (C(OH)–C–C–N with tert-alkyl or cyclic N) is 1. The number of nitrogens with zero attached hydrogens (tertiary/aromatic N) is 2. The SMILES string of the molecule is Cc1cc(C[C@@H]2CN(C(=O)c3c(C)cccc3F)C[C@@H]2O)n[nH]1. The highest BCUT2D eigenvalue weighted by molar-refractivity contribution is 5.96. The normalized spacial score (nSPS) is 21.0. The maximum atomic E-state index is 14.0. The molecule has 23 heavy (non-hydrogen) atoms. The lowest BCUT2D eigenvalue weighted by Gasteiger charge is -2.17. The lowest BCUT2D eigenvalue weighted by molar-refractivity contribution is 0.0759. The van der Waals surface area contributed by atoms with Crippen molar-refractivity contribution in [3.63, 3.8) is 0 Å². The summed E-state index contributed by atoms with van der Waals surface area (Å²) in [5, 5.41) is 17.3. The van der Waals surface area contributed by atoms with Gasteiger partial charge >= 0.3 is 0 Å². The van der Waals surface area contributed by atoms with Crippen molar-refractivity contribution in [1.82, 2.24) is 15.1 Å². The van der Waals surface area contributed by atoms with Crippen molar-refractivity contribution in [3.8, 4) is 0 Å². The summed E-state index contributed by atoms with van der Waals surface area (Å²) in [5.41, 5.74) is 2.53. The number of carbonyl (C=O) groups excluding carboxylic acids is 1. The number of likely N-dealkylation sites (tertiary alicyclic amines) is 1. The summed E-state index contributed by atoms with van der Waals surface area (Å²) in [6.45, 7) is 4.26. The van der Waals surface area contributed by atoms with E-state index in [2.05, 4.69) is 10.2 Å². The lowest BCUT2D eigenvalue weighted by Crippen LogP contribution is -2.31. The van der Waals surface area contributed by atoms with Crippen LogP contribution in [0.3, 0.4) is 0 Å². The molecule has 3 rings (SSSR count). The van der Waals surface area contributed by atoms with E-state index in [0.29, 0.717) is 18.5 Å². The van der Waals surface area contributed by atoms with Gasteiger partial charge in [-0.3, -0.25) is 9.89 Å². The standard InChI is InChI=1S/C17H20FN3O2/c1-10-4-3-5-14(18)16(10)17(23)21-8-12(15(22)9-21)7-13-6-11(2)19-20-13/h3-6,12,15,22H,7-9H2,1-2H3,(H,19,20)/t12-,15+/m1/s1. The third-order valence-electron chi connectivity index (χ3n) is 4.36. The quantitative estimate of drug-likeness (QED) is 0.907. The Bertz CT molecular complexity index is 708. The van der Waals surface area contributed by atoms with Crippen LogP contribution in [0.1, 0.15) is 27.3 Å². The fourth-order valence-electron chi connectivity index (χ4n) is 3.13. The number of halogens is 1. The molecule has 2 aromatic rings. The van der Waals surface area contributed by atoms with E-state index in [-0.39, 0.29) is 23.9 Å². The molecule has 1 aromatic heterocycles. The molecule has 6 heteroatoms. The number of aryl methyl sites for hydroxylation is 2. The summed E-state index contributed by atoms with van der Waals surface area (Å²) in [5.74, 6) is -0.968. The van der Waals surface area contributed by atoms with Gasteiger partial charge in [0.2, 0.25) is 0 Å². The van der Waals surface area contributed by atoms with Gasteiger partial charge in [0.25, 0.3) is 5.91 Å². The summed E-state index contributed by atoms with van der Waals surface area (Å²) < 4.78 is 14.0. The summed E-state index contributed by atoms with van der Waals surface area (Å²) in [4.78, 5) is 14.1. The molecule has 0 radical (unpaired) electrons. The zero-order valence-electron chi connectivity index (χ0n) is 13.2. The van der Waals surface area contributed by atoms with Crippen LogP contribution in [-0.2, 0) is 6.42 Å². The van der Waals surface area contributed by atoms with Crippen molar-refractivity contribution >= 4 is 5.91 Å². The first-order valence-electron chi connectivity index (χ1n) is 7.69. The summed E-state index contributed by atoms with van der Waals surface area (Å²) in [6, 6.07) is 6.52. The summed E-state index contributed by atoms with van der Waals surface area (Å²) >= 11 is 0. The number of amides is 1.